The number of nitrogens with two attached hydrogens (primary N) is 1. The fourth-order valence-corrected chi connectivity index (χ4v) is 2.06. The van der Waals surface area contributed by atoms with Gasteiger partial charge in [0.25, 0.3) is 0 Å². The van der Waals surface area contributed by atoms with Crippen molar-refractivity contribution in [2.75, 3.05) is 13.2 Å². The summed E-state index contributed by atoms with van der Waals surface area (Å²) in [5, 5.41) is 24.7. The van der Waals surface area contributed by atoms with Gasteiger partial charge in [-0.25, -0.2) is 0 Å². The molecule has 0 aliphatic heterocycles. The summed E-state index contributed by atoms with van der Waals surface area (Å²) in [4.78, 5) is 46.8. The molecule has 0 bridgehead atoms. The SMILES string of the molecule is C[C@H](NC(=O)[C@H](Cc1ccccc1)NC(=O)CNC(=O)[C@@H](N)CO)C(=O)O. The van der Waals surface area contributed by atoms with Crippen molar-refractivity contribution in [2.45, 2.75) is 31.5 Å². The van der Waals surface area contributed by atoms with E-state index in [1.807, 2.05) is 0 Å². The van der Waals surface area contributed by atoms with Crippen LogP contribution >= 0.6 is 0 Å². The molecular weight excluding hydrogens is 356 g/mol. The van der Waals surface area contributed by atoms with Crippen LogP contribution in [0.1, 0.15) is 12.5 Å². The summed E-state index contributed by atoms with van der Waals surface area (Å²) in [6.07, 6.45) is 0.134. The third-order valence-corrected chi connectivity index (χ3v) is 3.62. The number of carboxylic acid groups (broad SMARTS) is 1. The average Bonchev–Trinajstić information content (AvgIpc) is 2.65. The van der Waals surface area contributed by atoms with E-state index in [-0.39, 0.29) is 6.42 Å². The zero-order valence-electron chi connectivity index (χ0n) is 14.8. The second kappa shape index (κ2) is 10.9. The van der Waals surface area contributed by atoms with Crippen LogP contribution in [-0.4, -0.2) is 65.2 Å². The second-order valence-corrected chi connectivity index (χ2v) is 5.89. The van der Waals surface area contributed by atoms with E-state index < -0.39 is 55.0 Å². The molecule has 1 aromatic rings. The van der Waals surface area contributed by atoms with Crippen molar-refractivity contribution in [3.8, 4) is 0 Å². The van der Waals surface area contributed by atoms with Crippen LogP contribution in [0, 0.1) is 0 Å². The van der Waals surface area contributed by atoms with Gasteiger partial charge < -0.3 is 31.9 Å². The monoisotopic (exact) mass is 380 g/mol. The number of aliphatic hydroxyl groups excluding tert-OH is 1. The first-order chi connectivity index (χ1) is 12.7. The fourth-order valence-electron chi connectivity index (χ4n) is 2.06. The average molecular weight is 380 g/mol. The molecule has 0 saturated carbocycles. The number of hydrogen-bond donors (Lipinski definition) is 6. The van der Waals surface area contributed by atoms with Crippen LogP contribution in [0.5, 0.6) is 0 Å². The smallest absolute Gasteiger partial charge is 0.325 e. The largest absolute Gasteiger partial charge is 0.480 e. The van der Waals surface area contributed by atoms with Crippen molar-refractivity contribution in [3.05, 3.63) is 35.9 Å². The van der Waals surface area contributed by atoms with E-state index in [0.717, 1.165) is 5.56 Å². The first-order valence-electron chi connectivity index (χ1n) is 8.25. The van der Waals surface area contributed by atoms with Gasteiger partial charge in [-0.1, -0.05) is 30.3 Å². The highest BCUT2D eigenvalue weighted by molar-refractivity contribution is 5.92. The molecule has 0 aliphatic carbocycles. The topological polar surface area (TPSA) is 171 Å². The van der Waals surface area contributed by atoms with E-state index >= 15 is 0 Å². The van der Waals surface area contributed by atoms with Gasteiger partial charge in [0.2, 0.25) is 17.7 Å². The van der Waals surface area contributed by atoms with Gasteiger partial charge in [-0.05, 0) is 12.5 Å². The number of carboxylic acids is 1. The molecule has 0 radical (unpaired) electrons. The minimum absolute atomic E-state index is 0.134. The number of carbonyl (C=O) groups excluding carboxylic acids is 3. The lowest BCUT2D eigenvalue weighted by Gasteiger charge is -2.20. The number of aliphatic hydroxyl groups is 1. The summed E-state index contributed by atoms with van der Waals surface area (Å²) in [6.45, 7) is 0.289. The quantitative estimate of drug-likeness (QED) is 0.266. The number of rotatable bonds is 10. The van der Waals surface area contributed by atoms with Gasteiger partial charge in [-0.3, -0.25) is 19.2 Å². The molecular formula is C17H24N4O6. The first-order valence-corrected chi connectivity index (χ1v) is 8.25. The van der Waals surface area contributed by atoms with Crippen molar-refractivity contribution in [1.29, 1.82) is 0 Å². The molecule has 0 heterocycles. The van der Waals surface area contributed by atoms with Gasteiger partial charge in [0.1, 0.15) is 18.1 Å². The maximum absolute atomic E-state index is 12.4. The molecule has 3 amide bonds. The Morgan fingerprint density at radius 3 is 2.26 bits per heavy atom. The minimum atomic E-state index is -1.21. The molecule has 1 rings (SSSR count). The second-order valence-electron chi connectivity index (χ2n) is 5.89. The number of nitrogens with one attached hydrogen (secondary N) is 3. The molecule has 0 unspecified atom stereocenters. The molecule has 0 fully saturated rings. The minimum Gasteiger partial charge on any atom is -0.480 e. The third-order valence-electron chi connectivity index (χ3n) is 3.62. The fraction of sp³-hybridized carbons (Fsp3) is 0.412. The predicted octanol–water partition coefficient (Wildman–Crippen LogP) is -2.26. The normalized spacial score (nSPS) is 13.7. The summed E-state index contributed by atoms with van der Waals surface area (Å²) in [7, 11) is 0. The highest BCUT2D eigenvalue weighted by Crippen LogP contribution is 2.04. The Kier molecular flexibility index (Phi) is 8.90. The first kappa shape index (κ1) is 22.1. The Hall–Kier alpha value is -2.98. The van der Waals surface area contributed by atoms with Crippen LogP contribution in [0.3, 0.4) is 0 Å². The summed E-state index contributed by atoms with van der Waals surface area (Å²) in [6, 6.07) is 5.52. The highest BCUT2D eigenvalue weighted by Gasteiger charge is 2.25. The van der Waals surface area contributed by atoms with Gasteiger partial charge in [0.15, 0.2) is 0 Å². The number of aliphatic carboxylic acids is 1. The van der Waals surface area contributed by atoms with E-state index in [1.54, 1.807) is 30.3 Å². The lowest BCUT2D eigenvalue weighted by molar-refractivity contribution is -0.141. The van der Waals surface area contributed by atoms with Crippen molar-refractivity contribution in [3.63, 3.8) is 0 Å². The predicted molar refractivity (Wildman–Crippen MR) is 95.4 cm³/mol. The third kappa shape index (κ3) is 7.84. The van der Waals surface area contributed by atoms with Crippen LogP contribution in [0.4, 0.5) is 0 Å². The number of hydrogen-bond acceptors (Lipinski definition) is 6. The van der Waals surface area contributed by atoms with Crippen LogP contribution in [0.25, 0.3) is 0 Å². The van der Waals surface area contributed by atoms with Crippen LogP contribution in [0.15, 0.2) is 30.3 Å². The van der Waals surface area contributed by atoms with Gasteiger partial charge >= 0.3 is 5.97 Å². The highest BCUT2D eigenvalue weighted by atomic mass is 16.4. The Labute approximate surface area is 156 Å². The molecule has 0 aliphatic rings. The Morgan fingerprint density at radius 2 is 1.70 bits per heavy atom. The van der Waals surface area contributed by atoms with Gasteiger partial charge in [0.05, 0.1) is 13.2 Å². The standard InChI is InChI=1S/C17H24N4O6/c1-10(17(26)27)20-16(25)13(7-11-5-3-2-4-6-11)21-14(23)8-19-15(24)12(18)9-22/h2-6,10,12-13,22H,7-9,18H2,1H3,(H,19,24)(H,20,25)(H,21,23)(H,26,27)/t10-,12-,13-/m0/s1. The molecule has 1 aromatic carbocycles. The van der Waals surface area contributed by atoms with Gasteiger partial charge in [-0.15, -0.1) is 0 Å². The maximum Gasteiger partial charge on any atom is 0.325 e. The van der Waals surface area contributed by atoms with Crippen molar-refractivity contribution >= 4 is 23.7 Å². The molecule has 27 heavy (non-hydrogen) atoms. The molecule has 7 N–H and O–H groups in total. The molecule has 148 valence electrons. The zero-order chi connectivity index (χ0) is 20.4. The van der Waals surface area contributed by atoms with Crippen LogP contribution in [0.2, 0.25) is 0 Å². The summed E-state index contributed by atoms with van der Waals surface area (Å²) >= 11 is 0. The summed E-state index contributed by atoms with van der Waals surface area (Å²) < 4.78 is 0. The Balaban J connectivity index is 2.75. The molecule has 10 heteroatoms. The Bertz CT molecular complexity index is 667. The number of carbonyl (C=O) groups is 4. The Morgan fingerprint density at radius 1 is 1.07 bits per heavy atom. The van der Waals surface area contributed by atoms with Gasteiger partial charge in [0, 0.05) is 6.42 Å². The van der Waals surface area contributed by atoms with E-state index in [4.69, 9.17) is 15.9 Å². The lowest BCUT2D eigenvalue weighted by atomic mass is 10.0. The van der Waals surface area contributed by atoms with Crippen molar-refractivity contribution in [1.82, 2.24) is 16.0 Å². The molecule has 0 spiro atoms. The number of amides is 3. The van der Waals surface area contributed by atoms with E-state index in [0.29, 0.717) is 0 Å². The van der Waals surface area contributed by atoms with E-state index in [2.05, 4.69) is 16.0 Å². The van der Waals surface area contributed by atoms with Crippen molar-refractivity contribution in [2.24, 2.45) is 5.73 Å². The zero-order valence-corrected chi connectivity index (χ0v) is 14.8. The van der Waals surface area contributed by atoms with Crippen LogP contribution < -0.4 is 21.7 Å². The number of benzene rings is 1. The lowest BCUT2D eigenvalue weighted by Crippen LogP contribution is -2.54. The van der Waals surface area contributed by atoms with E-state index in [1.165, 1.54) is 6.92 Å². The van der Waals surface area contributed by atoms with Crippen LogP contribution in [-0.2, 0) is 25.6 Å². The molecule has 0 aromatic heterocycles. The summed E-state index contributed by atoms with van der Waals surface area (Å²) in [5.41, 5.74) is 6.08. The molecule has 10 nitrogen and oxygen atoms in total. The van der Waals surface area contributed by atoms with E-state index in [9.17, 15) is 19.2 Å². The van der Waals surface area contributed by atoms with Gasteiger partial charge in [-0.2, -0.15) is 0 Å². The molecule has 3 atom stereocenters. The van der Waals surface area contributed by atoms with Crippen molar-refractivity contribution < 1.29 is 29.4 Å². The maximum atomic E-state index is 12.4. The summed E-state index contributed by atoms with van der Waals surface area (Å²) in [5.74, 6) is -3.25. The molecule has 0 saturated heterocycles.